The normalized spacial score (nSPS) is 12.6. The van der Waals surface area contributed by atoms with Gasteiger partial charge in [-0.05, 0) is 17.2 Å². The Morgan fingerprint density at radius 3 is 2.51 bits per heavy atom. The van der Waals surface area contributed by atoms with E-state index in [1.165, 1.54) is 25.2 Å². The standard InChI is InChI=1S/C30H31ClN4O4/c1-19(18-35-11-12-35)26(36)14-20-9-10-27(39-4)22(13-20)16-28-32-17-24(31)25(33-28)15-21-7-5-6-8-23(21)29(37)30(38)34(2)3/h5-10,13,17H,1,11-12,14-16,18H2,2-4H3. The second-order valence-electron chi connectivity index (χ2n) is 9.75. The van der Waals surface area contributed by atoms with Crippen molar-refractivity contribution in [2.45, 2.75) is 19.3 Å². The van der Waals surface area contributed by atoms with E-state index in [2.05, 4.69) is 21.4 Å². The third kappa shape index (κ3) is 7.16. The minimum absolute atomic E-state index is 0.0176. The summed E-state index contributed by atoms with van der Waals surface area (Å²) in [4.78, 5) is 50.2. The minimum Gasteiger partial charge on any atom is -0.496 e. The van der Waals surface area contributed by atoms with E-state index in [1.807, 2.05) is 18.2 Å². The van der Waals surface area contributed by atoms with Crippen LogP contribution in [0.4, 0.5) is 0 Å². The molecule has 8 nitrogen and oxygen atoms in total. The van der Waals surface area contributed by atoms with Crippen LogP contribution in [0.2, 0.25) is 5.02 Å². The molecule has 0 aliphatic carbocycles. The Balaban J connectivity index is 1.55. The SMILES string of the molecule is C=C(CN1CC1)C(=O)Cc1ccc(OC)c(Cc2ncc(Cl)c(Cc3ccccc3C(=O)C(=O)N(C)C)n2)c1. The number of halogens is 1. The molecule has 1 fully saturated rings. The van der Waals surface area contributed by atoms with E-state index in [-0.39, 0.29) is 18.6 Å². The molecule has 1 aliphatic heterocycles. The van der Waals surface area contributed by atoms with Gasteiger partial charge in [-0.25, -0.2) is 9.97 Å². The molecule has 0 spiro atoms. The second-order valence-corrected chi connectivity index (χ2v) is 10.2. The van der Waals surface area contributed by atoms with Crippen LogP contribution >= 0.6 is 11.6 Å². The van der Waals surface area contributed by atoms with E-state index < -0.39 is 11.7 Å². The first-order chi connectivity index (χ1) is 18.7. The van der Waals surface area contributed by atoms with Crippen molar-refractivity contribution >= 4 is 29.1 Å². The van der Waals surface area contributed by atoms with Crippen molar-refractivity contribution in [1.29, 1.82) is 0 Å². The molecule has 202 valence electrons. The van der Waals surface area contributed by atoms with Gasteiger partial charge in [-0.15, -0.1) is 0 Å². The number of Topliss-reactive ketones (excluding diaryl/α,β-unsaturated/α-hetero) is 2. The number of ether oxygens (including phenoxy) is 1. The van der Waals surface area contributed by atoms with E-state index in [1.54, 1.807) is 31.4 Å². The predicted molar refractivity (Wildman–Crippen MR) is 149 cm³/mol. The van der Waals surface area contributed by atoms with Crippen LogP contribution in [0.5, 0.6) is 5.75 Å². The van der Waals surface area contributed by atoms with Gasteiger partial charge < -0.3 is 9.64 Å². The Kier molecular flexibility index (Phi) is 8.89. The lowest BCUT2D eigenvalue weighted by Gasteiger charge is -2.13. The number of methoxy groups -OCH3 is 1. The van der Waals surface area contributed by atoms with Gasteiger partial charge in [-0.3, -0.25) is 19.3 Å². The van der Waals surface area contributed by atoms with E-state index in [9.17, 15) is 14.4 Å². The Bertz CT molecular complexity index is 1430. The van der Waals surface area contributed by atoms with Crippen LogP contribution in [0, 0.1) is 0 Å². The molecule has 1 saturated heterocycles. The Hall–Kier alpha value is -3.88. The molecule has 9 heteroatoms. The fourth-order valence-electron chi connectivity index (χ4n) is 4.20. The highest BCUT2D eigenvalue weighted by Crippen LogP contribution is 2.25. The molecule has 39 heavy (non-hydrogen) atoms. The zero-order valence-electron chi connectivity index (χ0n) is 22.4. The number of rotatable bonds is 12. The molecule has 0 saturated carbocycles. The first-order valence-corrected chi connectivity index (χ1v) is 13.0. The van der Waals surface area contributed by atoms with Gasteiger partial charge in [0, 0.05) is 75.9 Å². The van der Waals surface area contributed by atoms with Crippen molar-refractivity contribution in [2.75, 3.05) is 40.8 Å². The van der Waals surface area contributed by atoms with E-state index in [0.717, 1.165) is 24.2 Å². The number of likely N-dealkylation sites (N-methyl/N-ethyl adjacent to an activating group) is 1. The molecular weight excluding hydrogens is 516 g/mol. The lowest BCUT2D eigenvalue weighted by atomic mass is 9.98. The van der Waals surface area contributed by atoms with Gasteiger partial charge in [0.2, 0.25) is 0 Å². The van der Waals surface area contributed by atoms with Crippen LogP contribution in [0.25, 0.3) is 0 Å². The first-order valence-electron chi connectivity index (χ1n) is 12.6. The maximum Gasteiger partial charge on any atom is 0.294 e. The average molecular weight is 547 g/mol. The van der Waals surface area contributed by atoms with Crippen molar-refractivity contribution in [3.05, 3.63) is 99.6 Å². The smallest absolute Gasteiger partial charge is 0.294 e. The third-order valence-electron chi connectivity index (χ3n) is 6.49. The van der Waals surface area contributed by atoms with Crippen LogP contribution in [-0.2, 0) is 28.9 Å². The number of benzene rings is 2. The summed E-state index contributed by atoms with van der Waals surface area (Å²) < 4.78 is 5.56. The monoisotopic (exact) mass is 546 g/mol. The number of carbonyl (C=O) groups is 3. The summed E-state index contributed by atoms with van der Waals surface area (Å²) in [5.74, 6) is -0.00300. The van der Waals surface area contributed by atoms with Gasteiger partial charge in [-0.2, -0.15) is 0 Å². The van der Waals surface area contributed by atoms with Crippen molar-refractivity contribution in [2.24, 2.45) is 0 Å². The summed E-state index contributed by atoms with van der Waals surface area (Å²) in [6.45, 7) is 6.59. The number of amides is 1. The molecule has 2 heterocycles. The van der Waals surface area contributed by atoms with E-state index in [4.69, 9.17) is 16.3 Å². The highest BCUT2D eigenvalue weighted by Gasteiger charge is 2.23. The van der Waals surface area contributed by atoms with Gasteiger partial charge in [0.25, 0.3) is 11.7 Å². The van der Waals surface area contributed by atoms with Crippen molar-refractivity contribution in [1.82, 2.24) is 19.8 Å². The fraction of sp³-hybridized carbons (Fsp3) is 0.300. The molecule has 0 unspecified atom stereocenters. The molecule has 0 N–H and O–H groups in total. The summed E-state index contributed by atoms with van der Waals surface area (Å²) >= 11 is 6.45. The largest absolute Gasteiger partial charge is 0.496 e. The highest BCUT2D eigenvalue weighted by atomic mass is 35.5. The Morgan fingerprint density at radius 2 is 1.82 bits per heavy atom. The number of hydrogen-bond acceptors (Lipinski definition) is 7. The van der Waals surface area contributed by atoms with Gasteiger partial charge >= 0.3 is 0 Å². The molecule has 1 aromatic heterocycles. The molecule has 0 atom stereocenters. The third-order valence-corrected chi connectivity index (χ3v) is 6.81. The Labute approximate surface area is 233 Å². The van der Waals surface area contributed by atoms with E-state index >= 15 is 0 Å². The highest BCUT2D eigenvalue weighted by molar-refractivity contribution is 6.43. The molecule has 1 aliphatic rings. The first kappa shape index (κ1) is 28.1. The lowest BCUT2D eigenvalue weighted by Crippen LogP contribution is -2.30. The van der Waals surface area contributed by atoms with Gasteiger partial charge in [0.15, 0.2) is 5.78 Å². The summed E-state index contributed by atoms with van der Waals surface area (Å²) in [6.07, 6.45) is 2.39. The summed E-state index contributed by atoms with van der Waals surface area (Å²) in [7, 11) is 4.67. The number of hydrogen-bond donors (Lipinski definition) is 0. The second kappa shape index (κ2) is 12.3. The maximum absolute atomic E-state index is 12.8. The van der Waals surface area contributed by atoms with Crippen molar-refractivity contribution in [3.8, 4) is 5.75 Å². The quantitative estimate of drug-likeness (QED) is 0.148. The number of nitrogens with zero attached hydrogens (tertiary/aromatic N) is 4. The molecule has 4 rings (SSSR count). The number of carbonyl (C=O) groups excluding carboxylic acids is 3. The maximum atomic E-state index is 12.8. The fourth-order valence-corrected chi connectivity index (χ4v) is 4.35. The van der Waals surface area contributed by atoms with E-state index in [0.29, 0.717) is 52.0 Å². The van der Waals surface area contributed by atoms with Gasteiger partial charge in [0.05, 0.1) is 17.8 Å². The zero-order valence-corrected chi connectivity index (χ0v) is 23.1. The van der Waals surface area contributed by atoms with Crippen LogP contribution < -0.4 is 4.74 Å². The summed E-state index contributed by atoms with van der Waals surface area (Å²) in [6, 6.07) is 12.6. The summed E-state index contributed by atoms with van der Waals surface area (Å²) in [5.41, 5.74) is 3.80. The van der Waals surface area contributed by atoms with Crippen LogP contribution in [0.3, 0.4) is 0 Å². The molecule has 0 bridgehead atoms. The van der Waals surface area contributed by atoms with Gasteiger partial charge in [-0.1, -0.05) is 54.6 Å². The van der Waals surface area contributed by atoms with Gasteiger partial charge in [0.1, 0.15) is 11.6 Å². The van der Waals surface area contributed by atoms with Crippen LogP contribution in [-0.4, -0.2) is 78.1 Å². The van der Waals surface area contributed by atoms with Crippen molar-refractivity contribution in [3.63, 3.8) is 0 Å². The number of aromatic nitrogens is 2. The Morgan fingerprint density at radius 1 is 1.08 bits per heavy atom. The van der Waals surface area contributed by atoms with Crippen molar-refractivity contribution < 1.29 is 19.1 Å². The predicted octanol–water partition coefficient (Wildman–Crippen LogP) is 3.57. The molecule has 1 amide bonds. The molecule has 3 aromatic rings. The van der Waals surface area contributed by atoms with Crippen LogP contribution in [0.15, 0.2) is 60.8 Å². The molecule has 2 aromatic carbocycles. The zero-order chi connectivity index (χ0) is 28.1. The minimum atomic E-state index is -0.601. The number of ketones is 2. The molecular formula is C30H31ClN4O4. The summed E-state index contributed by atoms with van der Waals surface area (Å²) in [5, 5.41) is 0.358. The van der Waals surface area contributed by atoms with Crippen LogP contribution in [0.1, 0.15) is 38.6 Å². The molecule has 0 radical (unpaired) electrons. The average Bonchev–Trinajstić information content (AvgIpc) is 3.74. The lowest BCUT2D eigenvalue weighted by molar-refractivity contribution is -0.124. The topological polar surface area (TPSA) is 92.5 Å².